The molecule has 0 aliphatic carbocycles. The van der Waals surface area contributed by atoms with E-state index in [-0.39, 0.29) is 16.2 Å². The highest BCUT2D eigenvalue weighted by Crippen LogP contribution is 2.20. The summed E-state index contributed by atoms with van der Waals surface area (Å²) in [4.78, 5) is 10.9. The number of hydrogen-bond donors (Lipinski definition) is 1. The van der Waals surface area contributed by atoms with E-state index in [0.29, 0.717) is 5.56 Å². The number of benzene rings is 1. The number of carbonyl (C=O) groups is 1. The summed E-state index contributed by atoms with van der Waals surface area (Å²) < 4.78 is 48.5. The fraction of sp³-hybridized carbons (Fsp3) is 0.462. The lowest BCUT2D eigenvalue weighted by Gasteiger charge is -2.24. The van der Waals surface area contributed by atoms with Gasteiger partial charge in [-0.2, -0.15) is 4.31 Å². The van der Waals surface area contributed by atoms with Gasteiger partial charge in [0.15, 0.2) is 0 Å². The number of carboxylic acid groups (broad SMARTS) is 1. The Morgan fingerprint density at radius 3 is 2.23 bits per heavy atom. The molecule has 0 aromatic heterocycles. The van der Waals surface area contributed by atoms with Gasteiger partial charge in [-0.3, -0.25) is 0 Å². The summed E-state index contributed by atoms with van der Waals surface area (Å²) in [6.45, 7) is 3.00. The Hall–Kier alpha value is -1.45. The predicted octanol–water partition coefficient (Wildman–Crippen LogP) is 0.747. The molecule has 1 rings (SSSR count). The first-order valence-corrected chi connectivity index (χ1v) is 9.86. The number of nitrogens with zero attached hydrogens (tertiary/aromatic N) is 1. The molecule has 0 heterocycles. The van der Waals surface area contributed by atoms with E-state index in [1.54, 1.807) is 0 Å². The van der Waals surface area contributed by atoms with Crippen LogP contribution in [0.15, 0.2) is 23.1 Å². The fourth-order valence-electron chi connectivity index (χ4n) is 1.98. The first kappa shape index (κ1) is 18.6. The molecule has 0 aliphatic heterocycles. The summed E-state index contributed by atoms with van der Waals surface area (Å²) >= 11 is 0. The van der Waals surface area contributed by atoms with Crippen molar-refractivity contribution in [1.82, 2.24) is 4.31 Å². The van der Waals surface area contributed by atoms with Gasteiger partial charge in [0.25, 0.3) is 0 Å². The zero-order valence-electron chi connectivity index (χ0n) is 12.8. The maximum Gasteiger partial charge on any atom is 0.335 e. The molecule has 7 nitrogen and oxygen atoms in total. The highest BCUT2D eigenvalue weighted by Gasteiger charge is 2.28. The molecule has 0 bridgehead atoms. The Bertz CT molecular complexity index is 783. The monoisotopic (exact) mass is 349 g/mol. The number of carboxylic acids is 1. The van der Waals surface area contributed by atoms with E-state index < -0.39 is 31.9 Å². The Labute approximate surface area is 130 Å². The third-order valence-electron chi connectivity index (χ3n) is 3.27. The first-order chi connectivity index (χ1) is 9.86. The predicted molar refractivity (Wildman–Crippen MR) is 82.3 cm³/mol. The van der Waals surface area contributed by atoms with Crippen LogP contribution in [0.2, 0.25) is 0 Å². The standard InChI is InChI=1S/C13H19NO6S2/c1-9-7-11(5-6-12(9)13(15)16)22(19,20)14(3)10(2)8-21(4,17)18/h5-7,10H,8H2,1-4H3,(H,15,16). The minimum Gasteiger partial charge on any atom is -0.478 e. The SMILES string of the molecule is Cc1cc(S(=O)(=O)N(C)C(C)CS(C)(=O)=O)ccc1C(=O)O. The van der Waals surface area contributed by atoms with E-state index in [0.717, 1.165) is 10.6 Å². The summed E-state index contributed by atoms with van der Waals surface area (Å²) in [5.41, 5.74) is 0.337. The normalized spacial score (nSPS) is 14.0. The summed E-state index contributed by atoms with van der Waals surface area (Å²) in [6.07, 6.45) is 1.04. The van der Waals surface area contributed by atoms with Gasteiger partial charge in [-0.15, -0.1) is 0 Å². The summed E-state index contributed by atoms with van der Waals surface area (Å²) in [7, 11) is -5.92. The van der Waals surface area contributed by atoms with Crippen molar-refractivity contribution in [2.24, 2.45) is 0 Å². The maximum absolute atomic E-state index is 12.5. The number of aryl methyl sites for hydroxylation is 1. The second-order valence-electron chi connectivity index (χ2n) is 5.24. The largest absolute Gasteiger partial charge is 0.478 e. The van der Waals surface area contributed by atoms with Crippen LogP contribution < -0.4 is 0 Å². The van der Waals surface area contributed by atoms with Crippen LogP contribution in [-0.2, 0) is 19.9 Å². The highest BCUT2D eigenvalue weighted by molar-refractivity contribution is 7.91. The average Bonchev–Trinajstić information content (AvgIpc) is 2.35. The van der Waals surface area contributed by atoms with Gasteiger partial charge in [0.2, 0.25) is 10.0 Å². The third kappa shape index (κ3) is 4.28. The summed E-state index contributed by atoms with van der Waals surface area (Å²) in [5, 5.41) is 8.96. The van der Waals surface area contributed by atoms with E-state index in [1.165, 1.54) is 39.1 Å². The Morgan fingerprint density at radius 1 is 1.27 bits per heavy atom. The number of sulfonamides is 1. The molecule has 0 fully saturated rings. The van der Waals surface area contributed by atoms with Crippen LogP contribution in [0.5, 0.6) is 0 Å². The van der Waals surface area contributed by atoms with Gasteiger partial charge < -0.3 is 5.11 Å². The van der Waals surface area contributed by atoms with Crippen molar-refractivity contribution < 1.29 is 26.7 Å². The molecule has 1 atom stereocenters. The minimum atomic E-state index is -3.90. The Kier molecular flexibility index (Phi) is 5.37. The number of sulfone groups is 1. The van der Waals surface area contributed by atoms with Gasteiger partial charge in [0, 0.05) is 19.3 Å². The van der Waals surface area contributed by atoms with E-state index in [1.807, 2.05) is 0 Å². The summed E-state index contributed by atoms with van der Waals surface area (Å²) in [5.74, 6) is -1.44. The van der Waals surface area contributed by atoms with E-state index >= 15 is 0 Å². The van der Waals surface area contributed by atoms with Crippen LogP contribution in [0.1, 0.15) is 22.8 Å². The molecule has 124 valence electrons. The lowest BCUT2D eigenvalue weighted by molar-refractivity contribution is 0.0696. The molecule has 0 radical (unpaired) electrons. The molecule has 1 aromatic rings. The van der Waals surface area contributed by atoms with E-state index in [4.69, 9.17) is 5.11 Å². The van der Waals surface area contributed by atoms with E-state index in [2.05, 4.69) is 0 Å². The summed E-state index contributed by atoms with van der Waals surface area (Å²) in [6, 6.07) is 2.96. The zero-order chi connectivity index (χ0) is 17.3. The second-order valence-corrected chi connectivity index (χ2v) is 9.43. The fourth-order valence-corrected chi connectivity index (χ4v) is 4.62. The topological polar surface area (TPSA) is 109 Å². The molecule has 1 unspecified atom stereocenters. The lowest BCUT2D eigenvalue weighted by atomic mass is 10.1. The van der Waals surface area contributed by atoms with Crippen molar-refractivity contribution in [3.63, 3.8) is 0 Å². The molecule has 0 amide bonds. The van der Waals surface area contributed by atoms with Crippen LogP contribution in [0.3, 0.4) is 0 Å². The molecule has 1 N–H and O–H groups in total. The Morgan fingerprint density at radius 2 is 1.82 bits per heavy atom. The van der Waals surface area contributed by atoms with Crippen molar-refractivity contribution in [2.75, 3.05) is 19.1 Å². The van der Waals surface area contributed by atoms with Gasteiger partial charge in [-0.25, -0.2) is 21.6 Å². The van der Waals surface area contributed by atoms with E-state index in [9.17, 15) is 21.6 Å². The van der Waals surface area contributed by atoms with Gasteiger partial charge in [0.1, 0.15) is 9.84 Å². The molecular formula is C13H19NO6S2. The third-order valence-corrected chi connectivity index (χ3v) is 6.33. The quantitative estimate of drug-likeness (QED) is 0.811. The second kappa shape index (κ2) is 6.35. The minimum absolute atomic E-state index is 0.0192. The van der Waals surface area contributed by atoms with Crippen molar-refractivity contribution in [3.8, 4) is 0 Å². The highest BCUT2D eigenvalue weighted by atomic mass is 32.2. The average molecular weight is 349 g/mol. The van der Waals surface area contributed by atoms with Crippen molar-refractivity contribution in [1.29, 1.82) is 0 Å². The van der Waals surface area contributed by atoms with Crippen LogP contribution >= 0.6 is 0 Å². The Balaban J connectivity index is 3.19. The molecule has 9 heteroatoms. The number of hydrogen-bond acceptors (Lipinski definition) is 5. The van der Waals surface area contributed by atoms with Gasteiger partial charge >= 0.3 is 5.97 Å². The lowest BCUT2D eigenvalue weighted by Crippen LogP contribution is -2.39. The van der Waals surface area contributed by atoms with Crippen molar-refractivity contribution in [3.05, 3.63) is 29.3 Å². The van der Waals surface area contributed by atoms with Crippen molar-refractivity contribution >= 4 is 25.8 Å². The molecule has 1 aromatic carbocycles. The van der Waals surface area contributed by atoms with Crippen LogP contribution in [0.4, 0.5) is 0 Å². The van der Waals surface area contributed by atoms with Gasteiger partial charge in [-0.05, 0) is 37.6 Å². The van der Waals surface area contributed by atoms with Crippen molar-refractivity contribution in [2.45, 2.75) is 24.8 Å². The molecule has 0 saturated carbocycles. The molecular weight excluding hydrogens is 330 g/mol. The zero-order valence-corrected chi connectivity index (χ0v) is 14.4. The van der Waals surface area contributed by atoms with Gasteiger partial charge in [0.05, 0.1) is 16.2 Å². The molecule has 0 spiro atoms. The van der Waals surface area contributed by atoms with Crippen LogP contribution in [-0.4, -0.2) is 57.3 Å². The van der Waals surface area contributed by atoms with Crippen LogP contribution in [0.25, 0.3) is 0 Å². The van der Waals surface area contributed by atoms with Crippen LogP contribution in [0, 0.1) is 6.92 Å². The number of aromatic carboxylic acids is 1. The number of rotatable bonds is 6. The molecule has 22 heavy (non-hydrogen) atoms. The smallest absolute Gasteiger partial charge is 0.335 e. The maximum atomic E-state index is 12.5. The molecule has 0 aliphatic rings. The first-order valence-electron chi connectivity index (χ1n) is 6.36. The molecule has 0 saturated heterocycles. The van der Waals surface area contributed by atoms with Gasteiger partial charge in [-0.1, -0.05) is 0 Å².